The van der Waals surface area contributed by atoms with Gasteiger partial charge in [-0.15, -0.1) is 0 Å². The second-order valence-corrected chi connectivity index (χ2v) is 9.61. The summed E-state index contributed by atoms with van der Waals surface area (Å²) >= 11 is 4.63. The number of carbonyl (C=O) groups excluding carboxylic acids is 2. The van der Waals surface area contributed by atoms with Crippen LogP contribution in [0.25, 0.3) is 0 Å². The maximum atomic E-state index is 13.2. The first-order chi connectivity index (χ1) is 15.7. The third-order valence-electron chi connectivity index (χ3n) is 5.31. The van der Waals surface area contributed by atoms with Crippen LogP contribution >= 0.6 is 27.7 Å². The zero-order valence-electron chi connectivity index (χ0n) is 19.0. The van der Waals surface area contributed by atoms with E-state index >= 15 is 0 Å². The van der Waals surface area contributed by atoms with Crippen LogP contribution in [-0.2, 0) is 14.3 Å². The first kappa shape index (κ1) is 25.0. The van der Waals surface area contributed by atoms with E-state index in [1.54, 1.807) is 13.2 Å². The highest BCUT2D eigenvalue weighted by atomic mass is 79.9. The van der Waals surface area contributed by atoms with Crippen LogP contribution in [0.3, 0.4) is 0 Å². The van der Waals surface area contributed by atoms with Gasteiger partial charge in [0.1, 0.15) is 10.3 Å². The Labute approximate surface area is 206 Å². The number of thioether (sulfide) groups is 1. The van der Waals surface area contributed by atoms with E-state index in [4.69, 9.17) is 10.5 Å². The minimum Gasteiger partial charge on any atom is -0.400 e. The SMILES string of the molecule is COCCN=C1SC(C(=O)Nc2ccc(Br)c(C)c2)C(N)=C1C(=O)Nc1cccc(C)c1C. The minimum absolute atomic E-state index is 0.185. The van der Waals surface area contributed by atoms with Crippen molar-refractivity contribution < 1.29 is 14.3 Å². The van der Waals surface area contributed by atoms with E-state index in [1.165, 1.54) is 11.8 Å². The smallest absolute Gasteiger partial charge is 0.260 e. The lowest BCUT2D eigenvalue weighted by atomic mass is 10.1. The fraction of sp³-hybridized carbons (Fsp3) is 0.292. The molecule has 0 saturated carbocycles. The molecule has 4 N–H and O–H groups in total. The zero-order valence-corrected chi connectivity index (χ0v) is 21.4. The third-order valence-corrected chi connectivity index (χ3v) is 7.46. The predicted molar refractivity (Wildman–Crippen MR) is 139 cm³/mol. The van der Waals surface area contributed by atoms with Crippen molar-refractivity contribution >= 4 is 55.9 Å². The monoisotopic (exact) mass is 530 g/mol. The fourth-order valence-corrected chi connectivity index (χ4v) is 4.64. The molecule has 0 aromatic heterocycles. The number of halogens is 1. The van der Waals surface area contributed by atoms with Crippen LogP contribution in [0.1, 0.15) is 16.7 Å². The van der Waals surface area contributed by atoms with Gasteiger partial charge < -0.3 is 21.1 Å². The van der Waals surface area contributed by atoms with Gasteiger partial charge in [0.15, 0.2) is 0 Å². The molecule has 0 fully saturated rings. The molecule has 1 aliphatic rings. The summed E-state index contributed by atoms with van der Waals surface area (Å²) in [6.45, 7) is 6.61. The Morgan fingerprint density at radius 3 is 2.61 bits per heavy atom. The molecule has 0 bridgehead atoms. The molecule has 1 heterocycles. The van der Waals surface area contributed by atoms with Crippen LogP contribution < -0.4 is 16.4 Å². The molecule has 0 saturated heterocycles. The van der Waals surface area contributed by atoms with Gasteiger partial charge in [-0.05, 0) is 61.7 Å². The van der Waals surface area contributed by atoms with Gasteiger partial charge in [-0.1, -0.05) is 39.8 Å². The second-order valence-electron chi connectivity index (χ2n) is 7.66. The summed E-state index contributed by atoms with van der Waals surface area (Å²) in [6, 6.07) is 11.2. The van der Waals surface area contributed by atoms with E-state index in [1.807, 2.05) is 51.1 Å². The van der Waals surface area contributed by atoms with Crippen molar-refractivity contribution in [1.82, 2.24) is 0 Å². The van der Waals surface area contributed by atoms with Gasteiger partial charge in [-0.3, -0.25) is 14.6 Å². The highest BCUT2D eigenvalue weighted by Crippen LogP contribution is 2.35. The summed E-state index contributed by atoms with van der Waals surface area (Å²) in [4.78, 5) is 30.8. The molecule has 7 nitrogen and oxygen atoms in total. The largest absolute Gasteiger partial charge is 0.400 e. The molecular formula is C24H27BrN4O3S. The summed E-state index contributed by atoms with van der Waals surface area (Å²) in [6.07, 6.45) is 0. The standard InChI is InChI=1S/C24H27BrN4O3S/c1-13-6-5-7-18(15(13)3)29-22(30)19-20(26)21(33-24(19)27-10-11-32-4)23(31)28-16-8-9-17(25)14(2)12-16/h5-9,12,21H,10-11,26H2,1-4H3,(H,28,31)(H,29,30). The van der Waals surface area contributed by atoms with Gasteiger partial charge in [-0.25, -0.2) is 0 Å². The van der Waals surface area contributed by atoms with Crippen LogP contribution in [0.5, 0.6) is 0 Å². The molecular weight excluding hydrogens is 504 g/mol. The number of hydrogen-bond acceptors (Lipinski definition) is 6. The van der Waals surface area contributed by atoms with Crippen LogP contribution in [0.4, 0.5) is 11.4 Å². The molecule has 1 aliphatic heterocycles. The van der Waals surface area contributed by atoms with Crippen molar-refractivity contribution in [2.24, 2.45) is 10.7 Å². The number of methoxy groups -OCH3 is 1. The summed E-state index contributed by atoms with van der Waals surface area (Å²) in [7, 11) is 1.58. The van der Waals surface area contributed by atoms with Crippen molar-refractivity contribution in [2.45, 2.75) is 26.0 Å². The summed E-state index contributed by atoms with van der Waals surface area (Å²) in [5, 5.41) is 5.48. The number of hydrogen-bond donors (Lipinski definition) is 3. The molecule has 33 heavy (non-hydrogen) atoms. The molecule has 2 amide bonds. The highest BCUT2D eigenvalue weighted by molar-refractivity contribution is 9.10. The van der Waals surface area contributed by atoms with E-state index in [0.29, 0.717) is 29.6 Å². The Morgan fingerprint density at radius 1 is 1.15 bits per heavy atom. The molecule has 1 unspecified atom stereocenters. The Morgan fingerprint density at radius 2 is 1.91 bits per heavy atom. The van der Waals surface area contributed by atoms with E-state index in [9.17, 15) is 9.59 Å². The third kappa shape index (κ3) is 5.85. The lowest BCUT2D eigenvalue weighted by Gasteiger charge is -2.13. The average Bonchev–Trinajstić information content (AvgIpc) is 3.10. The fourth-order valence-electron chi connectivity index (χ4n) is 3.27. The molecule has 1 atom stereocenters. The number of ether oxygens (including phenoxy) is 1. The van der Waals surface area contributed by atoms with Crippen molar-refractivity contribution in [1.29, 1.82) is 0 Å². The lowest BCUT2D eigenvalue weighted by molar-refractivity contribution is -0.115. The van der Waals surface area contributed by atoms with Crippen molar-refractivity contribution in [3.63, 3.8) is 0 Å². The molecule has 2 aromatic carbocycles. The summed E-state index contributed by atoms with van der Waals surface area (Å²) < 4.78 is 6.03. The van der Waals surface area contributed by atoms with Crippen molar-refractivity contribution in [2.75, 3.05) is 30.9 Å². The van der Waals surface area contributed by atoms with Gasteiger partial charge >= 0.3 is 0 Å². The Kier molecular flexibility index (Phi) is 8.34. The first-order valence-corrected chi connectivity index (χ1v) is 12.0. The normalized spacial score (nSPS) is 16.9. The van der Waals surface area contributed by atoms with Crippen molar-refractivity contribution in [3.05, 3.63) is 68.8 Å². The van der Waals surface area contributed by atoms with E-state index in [-0.39, 0.29) is 23.1 Å². The number of anilines is 2. The summed E-state index contributed by atoms with van der Waals surface area (Å²) in [5.74, 6) is -0.701. The molecule has 0 spiro atoms. The van der Waals surface area contributed by atoms with Crippen LogP contribution in [-0.4, -0.2) is 42.4 Å². The van der Waals surface area contributed by atoms with Gasteiger partial charge in [0, 0.05) is 28.7 Å². The number of amides is 2. The van der Waals surface area contributed by atoms with Crippen LogP contribution in [0.15, 0.2) is 57.1 Å². The zero-order chi connectivity index (χ0) is 24.1. The second kappa shape index (κ2) is 11.0. The van der Waals surface area contributed by atoms with E-state index in [2.05, 4.69) is 31.6 Å². The maximum Gasteiger partial charge on any atom is 0.260 e. The van der Waals surface area contributed by atoms with Gasteiger partial charge in [-0.2, -0.15) is 0 Å². The van der Waals surface area contributed by atoms with Gasteiger partial charge in [0.25, 0.3) is 5.91 Å². The number of rotatable bonds is 7. The average molecular weight is 531 g/mol. The van der Waals surface area contributed by atoms with Crippen LogP contribution in [0.2, 0.25) is 0 Å². The Bertz CT molecular complexity index is 1150. The highest BCUT2D eigenvalue weighted by Gasteiger charge is 2.38. The topological polar surface area (TPSA) is 106 Å². The number of nitrogens with one attached hydrogen (secondary N) is 2. The molecule has 0 radical (unpaired) electrons. The van der Waals surface area contributed by atoms with E-state index < -0.39 is 5.25 Å². The molecule has 9 heteroatoms. The Hall–Kier alpha value is -2.62. The maximum absolute atomic E-state index is 13.2. The summed E-state index contributed by atoms with van der Waals surface area (Å²) in [5.41, 5.74) is 11.1. The first-order valence-electron chi connectivity index (χ1n) is 10.4. The number of aliphatic imine (C=N–C) groups is 1. The number of nitrogens with two attached hydrogens (primary N) is 1. The number of benzene rings is 2. The molecule has 174 valence electrons. The Balaban J connectivity index is 1.88. The van der Waals surface area contributed by atoms with Gasteiger partial charge in [0.2, 0.25) is 5.91 Å². The van der Waals surface area contributed by atoms with Crippen molar-refractivity contribution in [3.8, 4) is 0 Å². The van der Waals surface area contributed by atoms with Gasteiger partial charge in [0.05, 0.1) is 18.7 Å². The predicted octanol–water partition coefficient (Wildman–Crippen LogP) is 4.32. The molecule has 3 rings (SSSR count). The molecule has 2 aromatic rings. The number of nitrogens with zero attached hydrogens (tertiary/aromatic N) is 1. The quantitative estimate of drug-likeness (QED) is 0.462. The lowest BCUT2D eigenvalue weighted by Crippen LogP contribution is -2.29. The molecule has 0 aliphatic carbocycles. The number of carbonyl (C=O) groups is 2. The van der Waals surface area contributed by atoms with E-state index in [0.717, 1.165) is 21.2 Å². The number of aryl methyl sites for hydroxylation is 2. The van der Waals surface area contributed by atoms with Crippen LogP contribution in [0, 0.1) is 20.8 Å². The minimum atomic E-state index is -0.769.